The highest BCUT2D eigenvalue weighted by Gasteiger charge is 2.16. The average Bonchev–Trinajstić information content (AvgIpc) is 3.41. The van der Waals surface area contributed by atoms with Crippen LogP contribution in [0.3, 0.4) is 0 Å². The highest BCUT2D eigenvalue weighted by molar-refractivity contribution is 9.10. The van der Waals surface area contributed by atoms with Crippen LogP contribution in [0.15, 0.2) is 51.5 Å². The van der Waals surface area contributed by atoms with E-state index in [-0.39, 0.29) is 25.9 Å². The number of hydrogen-bond acceptors (Lipinski definition) is 7. The molecular weight excluding hydrogens is 456 g/mol. The highest BCUT2D eigenvalue weighted by atomic mass is 79.9. The fraction of sp³-hybridized carbons (Fsp3) is 0.238. The van der Waals surface area contributed by atoms with Crippen LogP contribution in [0.4, 0.5) is 0 Å². The number of methoxy groups -OCH3 is 1. The van der Waals surface area contributed by atoms with Crippen molar-refractivity contribution in [3.63, 3.8) is 0 Å². The van der Waals surface area contributed by atoms with Crippen LogP contribution in [-0.2, 0) is 22.7 Å². The van der Waals surface area contributed by atoms with Gasteiger partial charge in [-0.2, -0.15) is 0 Å². The van der Waals surface area contributed by atoms with Crippen molar-refractivity contribution in [3.05, 3.63) is 58.2 Å². The number of hydrogen-bond donors (Lipinski definition) is 1. The summed E-state index contributed by atoms with van der Waals surface area (Å²) < 4.78 is 27.7. The van der Waals surface area contributed by atoms with Gasteiger partial charge in [-0.1, -0.05) is 21.1 Å². The van der Waals surface area contributed by atoms with E-state index in [0.29, 0.717) is 35.2 Å². The van der Waals surface area contributed by atoms with Gasteiger partial charge in [0.25, 0.3) is 0 Å². The van der Waals surface area contributed by atoms with Crippen molar-refractivity contribution < 1.29 is 28.3 Å². The maximum Gasteiger partial charge on any atom is 0.246 e. The molecule has 0 atom stereocenters. The Balaban J connectivity index is 1.26. The SMILES string of the molecule is COc1ccc(Br)cc1CNC(=O)COCc1cc(-c2ccc3c(c2)OCO3)on1. The number of ether oxygens (including phenoxy) is 4. The average molecular weight is 475 g/mol. The van der Waals surface area contributed by atoms with Crippen molar-refractivity contribution in [2.45, 2.75) is 13.2 Å². The molecule has 8 nitrogen and oxygen atoms in total. The van der Waals surface area contributed by atoms with E-state index in [4.69, 9.17) is 23.5 Å². The minimum absolute atomic E-state index is 0.0947. The summed E-state index contributed by atoms with van der Waals surface area (Å²) in [6, 6.07) is 12.9. The van der Waals surface area contributed by atoms with Crippen molar-refractivity contribution in [1.82, 2.24) is 10.5 Å². The van der Waals surface area contributed by atoms with Crippen LogP contribution in [0, 0.1) is 0 Å². The molecule has 0 bridgehead atoms. The molecular formula is C21H19BrN2O6. The molecule has 0 aliphatic carbocycles. The van der Waals surface area contributed by atoms with E-state index < -0.39 is 0 Å². The second kappa shape index (κ2) is 9.19. The molecule has 2 aromatic carbocycles. The minimum Gasteiger partial charge on any atom is -0.496 e. The van der Waals surface area contributed by atoms with Gasteiger partial charge in [0.05, 0.1) is 13.7 Å². The van der Waals surface area contributed by atoms with Crippen LogP contribution in [0.1, 0.15) is 11.3 Å². The molecule has 0 radical (unpaired) electrons. The van der Waals surface area contributed by atoms with Crippen LogP contribution < -0.4 is 19.5 Å². The third-order valence-electron chi connectivity index (χ3n) is 4.42. The molecule has 2 heterocycles. The van der Waals surface area contributed by atoms with Crippen molar-refractivity contribution in [1.29, 1.82) is 0 Å². The van der Waals surface area contributed by atoms with Crippen LogP contribution in [-0.4, -0.2) is 31.6 Å². The van der Waals surface area contributed by atoms with Gasteiger partial charge in [0, 0.05) is 28.2 Å². The smallest absolute Gasteiger partial charge is 0.246 e. The zero-order chi connectivity index (χ0) is 20.9. The predicted octanol–water partition coefficient (Wildman–Crippen LogP) is 3.67. The molecule has 156 valence electrons. The zero-order valence-corrected chi connectivity index (χ0v) is 17.7. The van der Waals surface area contributed by atoms with E-state index >= 15 is 0 Å². The van der Waals surface area contributed by atoms with E-state index in [0.717, 1.165) is 15.6 Å². The molecule has 9 heteroatoms. The van der Waals surface area contributed by atoms with E-state index in [9.17, 15) is 4.79 Å². The number of nitrogens with one attached hydrogen (secondary N) is 1. The molecule has 1 aliphatic heterocycles. The molecule has 1 amide bonds. The summed E-state index contributed by atoms with van der Waals surface area (Å²) >= 11 is 3.41. The van der Waals surface area contributed by atoms with Gasteiger partial charge < -0.3 is 28.8 Å². The van der Waals surface area contributed by atoms with Gasteiger partial charge >= 0.3 is 0 Å². The Hall–Kier alpha value is -3.04. The second-order valence-corrected chi connectivity index (χ2v) is 7.39. The lowest BCUT2D eigenvalue weighted by molar-refractivity contribution is -0.126. The Morgan fingerprint density at radius 2 is 2.03 bits per heavy atom. The molecule has 4 rings (SSSR count). The Morgan fingerprint density at radius 3 is 2.90 bits per heavy atom. The van der Waals surface area contributed by atoms with Crippen molar-refractivity contribution in [2.24, 2.45) is 0 Å². The Labute approximate surface area is 181 Å². The number of aromatic nitrogens is 1. The summed E-state index contributed by atoms with van der Waals surface area (Å²) in [5, 5.41) is 6.79. The predicted molar refractivity (Wildman–Crippen MR) is 110 cm³/mol. The Bertz CT molecular complexity index is 1050. The van der Waals surface area contributed by atoms with Crippen molar-refractivity contribution in [3.8, 4) is 28.6 Å². The van der Waals surface area contributed by atoms with E-state index in [1.165, 1.54) is 0 Å². The molecule has 0 unspecified atom stereocenters. The fourth-order valence-electron chi connectivity index (χ4n) is 2.94. The summed E-state index contributed by atoms with van der Waals surface area (Å²) in [4.78, 5) is 12.1. The first-order chi connectivity index (χ1) is 14.6. The molecule has 0 fully saturated rings. The number of carbonyl (C=O) groups excluding carboxylic acids is 1. The van der Waals surface area contributed by atoms with Gasteiger partial charge in [0.1, 0.15) is 18.1 Å². The van der Waals surface area contributed by atoms with Crippen molar-refractivity contribution in [2.75, 3.05) is 20.5 Å². The highest BCUT2D eigenvalue weighted by Crippen LogP contribution is 2.36. The second-order valence-electron chi connectivity index (χ2n) is 6.48. The van der Waals surface area contributed by atoms with Gasteiger partial charge in [-0.05, 0) is 36.4 Å². The molecule has 0 saturated carbocycles. The van der Waals surface area contributed by atoms with Gasteiger partial charge in [-0.25, -0.2) is 0 Å². The number of halogens is 1. The lowest BCUT2D eigenvalue weighted by Gasteiger charge is -2.10. The van der Waals surface area contributed by atoms with Gasteiger partial charge in [-0.15, -0.1) is 0 Å². The van der Waals surface area contributed by atoms with Crippen LogP contribution in [0.5, 0.6) is 17.2 Å². The zero-order valence-electron chi connectivity index (χ0n) is 16.1. The first-order valence-corrected chi connectivity index (χ1v) is 9.94. The van der Waals surface area contributed by atoms with Gasteiger partial charge in [-0.3, -0.25) is 4.79 Å². The summed E-state index contributed by atoms with van der Waals surface area (Å²) in [6.07, 6.45) is 0. The van der Waals surface area contributed by atoms with Crippen molar-refractivity contribution >= 4 is 21.8 Å². The molecule has 30 heavy (non-hydrogen) atoms. The topological polar surface area (TPSA) is 92.1 Å². The monoisotopic (exact) mass is 474 g/mol. The minimum atomic E-state index is -0.239. The maximum absolute atomic E-state index is 12.1. The third kappa shape index (κ3) is 4.74. The van der Waals surface area contributed by atoms with Gasteiger partial charge in [0.2, 0.25) is 12.7 Å². The summed E-state index contributed by atoms with van der Waals surface area (Å²) in [5.41, 5.74) is 2.27. The largest absolute Gasteiger partial charge is 0.496 e. The van der Waals surface area contributed by atoms with E-state index in [1.807, 2.05) is 36.4 Å². The Kier molecular flexibility index (Phi) is 6.20. The summed E-state index contributed by atoms with van der Waals surface area (Å²) in [7, 11) is 1.59. The lowest BCUT2D eigenvalue weighted by Crippen LogP contribution is -2.27. The van der Waals surface area contributed by atoms with Crippen LogP contribution >= 0.6 is 15.9 Å². The third-order valence-corrected chi connectivity index (χ3v) is 4.91. The fourth-order valence-corrected chi connectivity index (χ4v) is 3.35. The number of carbonyl (C=O) groups is 1. The lowest BCUT2D eigenvalue weighted by atomic mass is 10.1. The molecule has 1 aliphatic rings. The summed E-state index contributed by atoms with van der Waals surface area (Å²) in [5.74, 6) is 2.42. The van der Waals surface area contributed by atoms with E-state index in [1.54, 1.807) is 13.2 Å². The van der Waals surface area contributed by atoms with Gasteiger partial charge in [0.15, 0.2) is 17.3 Å². The van der Waals surface area contributed by atoms with Crippen LogP contribution in [0.2, 0.25) is 0 Å². The standard InChI is InChI=1S/C21H19BrN2O6/c1-26-17-5-3-15(22)6-14(17)9-23-21(25)11-27-10-16-8-19(30-24-16)13-2-4-18-20(7-13)29-12-28-18/h2-8H,9-12H2,1H3,(H,23,25). The first-order valence-electron chi connectivity index (χ1n) is 9.15. The maximum atomic E-state index is 12.1. The Morgan fingerprint density at radius 1 is 1.17 bits per heavy atom. The molecule has 3 aromatic rings. The molecule has 1 aromatic heterocycles. The number of nitrogens with zero attached hydrogens (tertiary/aromatic N) is 1. The first kappa shape index (κ1) is 20.2. The molecule has 0 spiro atoms. The molecule has 0 saturated heterocycles. The number of fused-ring (bicyclic) bond motifs is 1. The number of rotatable bonds is 8. The quantitative estimate of drug-likeness (QED) is 0.532. The van der Waals surface area contributed by atoms with Crippen LogP contribution in [0.25, 0.3) is 11.3 Å². The number of benzene rings is 2. The molecule has 1 N–H and O–H groups in total. The van der Waals surface area contributed by atoms with E-state index in [2.05, 4.69) is 26.4 Å². The normalized spacial score (nSPS) is 12.1. The number of amides is 1. The summed E-state index contributed by atoms with van der Waals surface area (Å²) in [6.45, 7) is 0.609.